The molecule has 4 N–H and O–H groups in total. The Morgan fingerprint density at radius 1 is 1.03 bits per heavy atom. The van der Waals surface area contributed by atoms with Crippen LogP contribution in [0.2, 0.25) is 0 Å². The van der Waals surface area contributed by atoms with Gasteiger partial charge in [0.25, 0.3) is 0 Å². The van der Waals surface area contributed by atoms with Gasteiger partial charge in [-0.15, -0.1) is 0 Å². The highest BCUT2D eigenvalue weighted by atomic mass is 16.5. The van der Waals surface area contributed by atoms with Crippen molar-refractivity contribution in [3.05, 3.63) is 89.7 Å². The lowest BCUT2D eigenvalue weighted by Gasteiger charge is -2.16. The smallest absolute Gasteiger partial charge is 0.337 e. The van der Waals surface area contributed by atoms with Gasteiger partial charge < -0.3 is 20.5 Å². The third kappa shape index (κ3) is 4.49. The molecule has 4 aromatic rings. The minimum absolute atomic E-state index is 0.0224. The summed E-state index contributed by atoms with van der Waals surface area (Å²) in [6, 6.07) is 18.1. The van der Waals surface area contributed by atoms with Gasteiger partial charge >= 0.3 is 5.97 Å². The molecule has 0 unspecified atom stereocenters. The maximum atomic E-state index is 11.6. The number of fused-ring (bicyclic) bond motifs is 1. The van der Waals surface area contributed by atoms with E-state index in [0.29, 0.717) is 28.5 Å². The summed E-state index contributed by atoms with van der Waals surface area (Å²) < 4.78 is 10.8. The molecular weight excluding hydrogens is 406 g/mol. The summed E-state index contributed by atoms with van der Waals surface area (Å²) in [5.41, 5.74) is 8.33. The molecule has 0 aliphatic heterocycles. The summed E-state index contributed by atoms with van der Waals surface area (Å²) in [5.74, 6) is 0.594. The van der Waals surface area contributed by atoms with Crippen LogP contribution in [0.5, 0.6) is 5.75 Å². The lowest BCUT2D eigenvalue weighted by molar-refractivity contribution is 0.0600. The molecule has 8 heteroatoms. The van der Waals surface area contributed by atoms with Gasteiger partial charge in [-0.1, -0.05) is 30.3 Å². The van der Waals surface area contributed by atoms with Crippen LogP contribution in [0.1, 0.15) is 21.5 Å². The zero-order valence-corrected chi connectivity index (χ0v) is 17.3. The Morgan fingerprint density at radius 2 is 1.72 bits per heavy atom. The number of methoxy groups -OCH3 is 1. The summed E-state index contributed by atoms with van der Waals surface area (Å²) in [4.78, 5) is 20.1. The molecule has 4 rings (SSSR count). The summed E-state index contributed by atoms with van der Waals surface area (Å²) in [6.07, 6.45) is 3.29. The van der Waals surface area contributed by atoms with E-state index < -0.39 is 0 Å². The fourth-order valence-electron chi connectivity index (χ4n) is 3.21. The van der Waals surface area contributed by atoms with Crippen LogP contribution in [0.4, 0.5) is 11.6 Å². The Morgan fingerprint density at radius 3 is 2.41 bits per heavy atom. The van der Waals surface area contributed by atoms with Crippen LogP contribution in [0.3, 0.4) is 0 Å². The molecule has 0 atom stereocenters. The Kier molecular flexibility index (Phi) is 5.94. The van der Waals surface area contributed by atoms with Crippen molar-refractivity contribution in [2.45, 2.75) is 6.61 Å². The fourth-order valence-corrected chi connectivity index (χ4v) is 3.21. The number of rotatable bonds is 7. The second-order valence-electron chi connectivity index (χ2n) is 6.96. The van der Waals surface area contributed by atoms with Gasteiger partial charge in [-0.05, 0) is 41.3 Å². The van der Waals surface area contributed by atoms with Crippen molar-refractivity contribution in [3.63, 3.8) is 0 Å². The minimum atomic E-state index is -0.386. The van der Waals surface area contributed by atoms with Gasteiger partial charge in [-0.3, -0.25) is 5.41 Å². The minimum Gasteiger partial charge on any atom is -0.487 e. The number of carbonyl (C=O) groups excluding carboxylic acids is 1. The Labute approximate surface area is 184 Å². The van der Waals surface area contributed by atoms with Gasteiger partial charge in [-0.2, -0.15) is 0 Å². The number of aromatic nitrogens is 2. The lowest BCUT2D eigenvalue weighted by atomic mass is 10.0. The van der Waals surface area contributed by atoms with Crippen LogP contribution < -0.4 is 15.8 Å². The van der Waals surface area contributed by atoms with Gasteiger partial charge in [0.1, 0.15) is 18.2 Å². The van der Waals surface area contributed by atoms with Crippen LogP contribution in [-0.4, -0.2) is 28.9 Å². The van der Waals surface area contributed by atoms with Crippen molar-refractivity contribution in [2.75, 3.05) is 12.4 Å². The lowest BCUT2D eigenvalue weighted by Crippen LogP contribution is -2.11. The van der Waals surface area contributed by atoms with E-state index in [2.05, 4.69) is 15.3 Å². The molecule has 1 heterocycles. The van der Waals surface area contributed by atoms with Crippen LogP contribution >= 0.6 is 0 Å². The number of carbonyl (C=O) groups is 1. The first-order valence-corrected chi connectivity index (χ1v) is 9.80. The normalized spacial score (nSPS) is 10.5. The van der Waals surface area contributed by atoms with E-state index in [9.17, 15) is 4.79 Å². The van der Waals surface area contributed by atoms with E-state index in [0.717, 1.165) is 16.3 Å². The number of nitrogen functional groups attached to an aromatic ring is 1. The highest BCUT2D eigenvalue weighted by Crippen LogP contribution is 2.36. The maximum absolute atomic E-state index is 11.6. The van der Waals surface area contributed by atoms with Crippen LogP contribution in [0.25, 0.3) is 10.8 Å². The van der Waals surface area contributed by atoms with Crippen LogP contribution in [0, 0.1) is 5.41 Å². The van der Waals surface area contributed by atoms with Crippen molar-refractivity contribution in [1.29, 1.82) is 5.41 Å². The molecule has 0 spiro atoms. The number of esters is 1. The number of nitrogens with two attached hydrogens (primary N) is 1. The third-order valence-corrected chi connectivity index (χ3v) is 4.87. The second-order valence-corrected chi connectivity index (χ2v) is 6.96. The van der Waals surface area contributed by atoms with E-state index in [-0.39, 0.29) is 18.4 Å². The molecule has 8 nitrogen and oxygen atoms in total. The van der Waals surface area contributed by atoms with E-state index >= 15 is 0 Å². The molecule has 1 aromatic heterocycles. The molecule has 0 radical (unpaired) electrons. The third-order valence-electron chi connectivity index (χ3n) is 4.87. The van der Waals surface area contributed by atoms with E-state index in [1.807, 2.05) is 36.4 Å². The second kappa shape index (κ2) is 9.13. The van der Waals surface area contributed by atoms with E-state index in [1.54, 1.807) is 36.7 Å². The first kappa shape index (κ1) is 20.8. The van der Waals surface area contributed by atoms with E-state index in [1.165, 1.54) is 7.11 Å². The highest BCUT2D eigenvalue weighted by Gasteiger charge is 2.13. The Balaban J connectivity index is 1.68. The standard InChI is InChI=1S/C24H21N5O3/c1-31-23(30)17-5-3-15(4-6-17)14-32-20-10-9-16-7-8-18(22(25)26)13-19(16)21(20)29-24-27-11-2-12-28-24/h2-13H,14H2,1H3,(H3,25,26)(H,27,28,29). The fraction of sp³-hybridized carbons (Fsp3) is 0.0833. The molecule has 0 saturated heterocycles. The quantitative estimate of drug-likeness (QED) is 0.231. The molecule has 0 aliphatic rings. The number of ether oxygens (including phenoxy) is 2. The summed E-state index contributed by atoms with van der Waals surface area (Å²) in [6.45, 7) is 0.281. The molecule has 0 fully saturated rings. The van der Waals surface area contributed by atoms with Crippen molar-refractivity contribution in [1.82, 2.24) is 9.97 Å². The average molecular weight is 427 g/mol. The van der Waals surface area contributed by atoms with Gasteiger partial charge in [0, 0.05) is 23.3 Å². The average Bonchev–Trinajstić information content (AvgIpc) is 2.83. The molecule has 32 heavy (non-hydrogen) atoms. The topological polar surface area (TPSA) is 123 Å². The number of hydrogen-bond acceptors (Lipinski definition) is 7. The summed E-state index contributed by atoms with van der Waals surface area (Å²) in [5, 5.41) is 12.8. The predicted octanol–water partition coefficient (Wildman–Crippen LogP) is 4.02. The van der Waals surface area contributed by atoms with Gasteiger partial charge in [0.15, 0.2) is 0 Å². The number of hydrogen-bond donors (Lipinski definition) is 3. The zero-order valence-electron chi connectivity index (χ0n) is 17.3. The van der Waals surface area contributed by atoms with Crippen molar-refractivity contribution >= 4 is 34.2 Å². The summed E-state index contributed by atoms with van der Waals surface area (Å²) in [7, 11) is 1.35. The first-order chi connectivity index (χ1) is 15.5. The summed E-state index contributed by atoms with van der Waals surface area (Å²) >= 11 is 0. The van der Waals surface area contributed by atoms with Gasteiger partial charge in [0.05, 0.1) is 18.4 Å². The van der Waals surface area contributed by atoms with Crippen molar-refractivity contribution < 1.29 is 14.3 Å². The Bertz CT molecular complexity index is 1270. The highest BCUT2D eigenvalue weighted by molar-refractivity contribution is 6.04. The molecule has 0 saturated carbocycles. The zero-order chi connectivity index (χ0) is 22.5. The van der Waals surface area contributed by atoms with Crippen molar-refractivity contribution in [3.8, 4) is 5.75 Å². The first-order valence-electron chi connectivity index (χ1n) is 9.80. The number of amidine groups is 1. The Hall–Kier alpha value is -4.46. The predicted molar refractivity (Wildman–Crippen MR) is 122 cm³/mol. The molecular formula is C24H21N5O3. The van der Waals surface area contributed by atoms with Crippen LogP contribution in [-0.2, 0) is 11.3 Å². The van der Waals surface area contributed by atoms with Gasteiger partial charge in [0.2, 0.25) is 5.95 Å². The maximum Gasteiger partial charge on any atom is 0.337 e. The molecule has 160 valence electrons. The number of benzene rings is 3. The number of anilines is 2. The SMILES string of the molecule is COC(=O)c1ccc(COc2ccc3ccc(C(=N)N)cc3c2Nc2ncccn2)cc1. The van der Waals surface area contributed by atoms with Crippen molar-refractivity contribution in [2.24, 2.45) is 5.73 Å². The molecule has 0 bridgehead atoms. The van der Waals surface area contributed by atoms with Gasteiger partial charge in [-0.25, -0.2) is 14.8 Å². The number of nitrogens with zero attached hydrogens (tertiary/aromatic N) is 2. The molecule has 3 aromatic carbocycles. The largest absolute Gasteiger partial charge is 0.487 e. The van der Waals surface area contributed by atoms with Crippen LogP contribution in [0.15, 0.2) is 73.1 Å². The molecule has 0 aliphatic carbocycles. The van der Waals surface area contributed by atoms with E-state index in [4.69, 9.17) is 20.6 Å². The monoisotopic (exact) mass is 427 g/mol. The molecule has 0 amide bonds. The number of nitrogens with one attached hydrogen (secondary N) is 2.